The van der Waals surface area contributed by atoms with E-state index in [1.165, 1.54) is 18.2 Å². The fraction of sp³-hybridized carbons (Fsp3) is 0.385. The van der Waals surface area contributed by atoms with Crippen LogP contribution in [0.3, 0.4) is 0 Å². The number of carbonyl (C=O) groups is 2. The molecular formula is C13H14ClNO5. The Hall–Kier alpha value is -1.95. The van der Waals surface area contributed by atoms with Crippen molar-refractivity contribution in [1.82, 2.24) is 5.32 Å². The molecule has 1 aliphatic rings. The van der Waals surface area contributed by atoms with Gasteiger partial charge in [-0.1, -0.05) is 6.07 Å². The van der Waals surface area contributed by atoms with Crippen LogP contribution in [-0.4, -0.2) is 38.1 Å². The maximum atomic E-state index is 11.8. The van der Waals surface area contributed by atoms with Crippen molar-refractivity contribution < 1.29 is 24.9 Å². The number of benzene rings is 1. The van der Waals surface area contributed by atoms with Gasteiger partial charge in [0, 0.05) is 6.42 Å². The minimum Gasteiger partial charge on any atom is -0.504 e. The van der Waals surface area contributed by atoms with Crippen molar-refractivity contribution in [3.63, 3.8) is 0 Å². The first-order valence-electron chi connectivity index (χ1n) is 6.05. The number of carbonyl (C=O) groups excluding carboxylic acids is 1. The van der Waals surface area contributed by atoms with Gasteiger partial charge >= 0.3 is 5.97 Å². The molecule has 2 rings (SSSR count). The topological polar surface area (TPSA) is 107 Å². The predicted molar refractivity (Wildman–Crippen MR) is 70.9 cm³/mol. The molecule has 0 aliphatic heterocycles. The Morgan fingerprint density at radius 2 is 1.95 bits per heavy atom. The Labute approximate surface area is 120 Å². The van der Waals surface area contributed by atoms with E-state index in [0.29, 0.717) is 18.4 Å². The first-order chi connectivity index (χ1) is 9.32. The number of phenolic OH excluding ortho intramolecular Hbond substituents is 2. The number of rotatable bonds is 5. The molecule has 1 amide bonds. The van der Waals surface area contributed by atoms with E-state index >= 15 is 0 Å². The van der Waals surface area contributed by atoms with Crippen molar-refractivity contribution >= 4 is 23.5 Å². The first-order valence-corrected chi connectivity index (χ1v) is 6.43. The van der Waals surface area contributed by atoms with E-state index in [0.717, 1.165) is 0 Å². The molecule has 4 N–H and O–H groups in total. The number of aliphatic carboxylic acids is 1. The molecular weight excluding hydrogens is 286 g/mol. The largest absolute Gasteiger partial charge is 0.504 e. The van der Waals surface area contributed by atoms with Crippen LogP contribution >= 0.6 is 11.6 Å². The third kappa shape index (κ3) is 3.14. The van der Waals surface area contributed by atoms with Gasteiger partial charge in [0.2, 0.25) is 5.91 Å². The van der Waals surface area contributed by atoms with Crippen LogP contribution in [0.5, 0.6) is 11.5 Å². The fourth-order valence-electron chi connectivity index (χ4n) is 1.76. The van der Waals surface area contributed by atoms with Crippen LogP contribution in [0.4, 0.5) is 0 Å². The molecule has 0 aromatic heterocycles. The molecule has 1 aliphatic carbocycles. The van der Waals surface area contributed by atoms with Gasteiger partial charge in [-0.15, -0.1) is 11.6 Å². The third-order valence-corrected chi connectivity index (χ3v) is 3.73. The average molecular weight is 300 g/mol. The lowest BCUT2D eigenvalue weighted by Gasteiger charge is -2.16. The van der Waals surface area contributed by atoms with Crippen LogP contribution in [0.25, 0.3) is 0 Å². The van der Waals surface area contributed by atoms with Gasteiger partial charge in [-0.3, -0.25) is 4.79 Å². The van der Waals surface area contributed by atoms with Crippen LogP contribution < -0.4 is 5.32 Å². The summed E-state index contributed by atoms with van der Waals surface area (Å²) in [6, 6.07) is 2.85. The number of halogens is 1. The molecule has 20 heavy (non-hydrogen) atoms. The number of carboxylic acids is 1. The summed E-state index contributed by atoms with van der Waals surface area (Å²) in [5, 5.41) is 30.1. The Bertz CT molecular complexity index is 556. The lowest BCUT2D eigenvalue weighted by atomic mass is 10.0. The molecule has 1 saturated carbocycles. The normalized spacial score (nSPS) is 17.2. The Morgan fingerprint density at radius 1 is 1.30 bits per heavy atom. The summed E-state index contributed by atoms with van der Waals surface area (Å²) in [6.45, 7) is 0. The standard InChI is InChI=1S/C13H14ClNO5/c14-13(3-4-13)12(20)15-8(11(18)19)5-7-1-2-9(16)10(17)6-7/h1-2,6,8,16-17H,3-5H2,(H,15,20)(H,18,19)/t8-/m0/s1. The molecule has 0 saturated heterocycles. The van der Waals surface area contributed by atoms with E-state index in [-0.39, 0.29) is 17.9 Å². The number of alkyl halides is 1. The Kier molecular flexibility index (Phi) is 3.76. The quantitative estimate of drug-likeness (QED) is 0.479. The number of phenols is 2. The second kappa shape index (κ2) is 5.20. The smallest absolute Gasteiger partial charge is 0.326 e. The SMILES string of the molecule is O=C(O)[C@H](Cc1ccc(O)c(O)c1)NC(=O)C1(Cl)CC1. The van der Waals surface area contributed by atoms with Crippen LogP contribution in [0.15, 0.2) is 18.2 Å². The van der Waals surface area contributed by atoms with E-state index in [2.05, 4.69) is 5.32 Å². The van der Waals surface area contributed by atoms with Gasteiger partial charge < -0.3 is 20.6 Å². The number of hydrogen-bond acceptors (Lipinski definition) is 4. The molecule has 1 aromatic carbocycles. The van der Waals surface area contributed by atoms with Crippen molar-refractivity contribution in [1.29, 1.82) is 0 Å². The van der Waals surface area contributed by atoms with Gasteiger partial charge in [-0.05, 0) is 30.5 Å². The summed E-state index contributed by atoms with van der Waals surface area (Å²) in [5.74, 6) is -2.31. The second-order valence-electron chi connectivity index (χ2n) is 4.86. The first kappa shape index (κ1) is 14.5. The van der Waals surface area contributed by atoms with Crippen molar-refractivity contribution in [2.75, 3.05) is 0 Å². The number of nitrogens with one attached hydrogen (secondary N) is 1. The van der Waals surface area contributed by atoms with Gasteiger partial charge in [0.1, 0.15) is 10.9 Å². The van der Waals surface area contributed by atoms with Crippen LogP contribution in [-0.2, 0) is 16.0 Å². The van der Waals surface area contributed by atoms with Crippen LogP contribution in [0, 0.1) is 0 Å². The predicted octanol–water partition coefficient (Wildman–Crippen LogP) is 0.981. The molecule has 6 nitrogen and oxygen atoms in total. The lowest BCUT2D eigenvalue weighted by Crippen LogP contribution is -2.46. The van der Waals surface area contributed by atoms with Crippen LogP contribution in [0.2, 0.25) is 0 Å². The molecule has 0 bridgehead atoms. The molecule has 1 aromatic rings. The Morgan fingerprint density at radius 3 is 2.45 bits per heavy atom. The van der Waals surface area contributed by atoms with Gasteiger partial charge in [-0.25, -0.2) is 4.79 Å². The highest BCUT2D eigenvalue weighted by molar-refractivity contribution is 6.37. The van der Waals surface area contributed by atoms with E-state index in [1.807, 2.05) is 0 Å². The molecule has 0 unspecified atom stereocenters. The fourth-order valence-corrected chi connectivity index (χ4v) is 1.91. The Balaban J connectivity index is 2.07. The maximum absolute atomic E-state index is 11.8. The van der Waals surface area contributed by atoms with Gasteiger partial charge in [0.25, 0.3) is 0 Å². The molecule has 7 heteroatoms. The van der Waals surface area contributed by atoms with Gasteiger partial charge in [0.15, 0.2) is 11.5 Å². The van der Waals surface area contributed by atoms with E-state index in [4.69, 9.17) is 16.7 Å². The van der Waals surface area contributed by atoms with Crippen molar-refractivity contribution in [2.45, 2.75) is 30.2 Å². The van der Waals surface area contributed by atoms with Crippen molar-refractivity contribution in [3.05, 3.63) is 23.8 Å². The summed E-state index contributed by atoms with van der Waals surface area (Å²) in [7, 11) is 0. The monoisotopic (exact) mass is 299 g/mol. The molecule has 0 spiro atoms. The summed E-state index contributed by atoms with van der Waals surface area (Å²) < 4.78 is 0. The average Bonchev–Trinajstić information content (AvgIpc) is 3.12. The lowest BCUT2D eigenvalue weighted by molar-refractivity contribution is -0.141. The van der Waals surface area contributed by atoms with Crippen molar-refractivity contribution in [2.24, 2.45) is 0 Å². The van der Waals surface area contributed by atoms with Crippen LogP contribution in [0.1, 0.15) is 18.4 Å². The highest BCUT2D eigenvalue weighted by Gasteiger charge is 2.49. The summed E-state index contributed by atoms with van der Waals surface area (Å²) in [4.78, 5) is 22.0. The minimum atomic E-state index is -1.19. The number of hydrogen-bond donors (Lipinski definition) is 4. The maximum Gasteiger partial charge on any atom is 0.326 e. The summed E-state index contributed by atoms with van der Waals surface area (Å²) in [5.41, 5.74) is 0.479. The number of aromatic hydroxyl groups is 2. The molecule has 1 fully saturated rings. The van der Waals surface area contributed by atoms with Gasteiger partial charge in [-0.2, -0.15) is 0 Å². The van der Waals surface area contributed by atoms with Gasteiger partial charge in [0.05, 0.1) is 0 Å². The molecule has 1 atom stereocenters. The highest BCUT2D eigenvalue weighted by atomic mass is 35.5. The van der Waals surface area contributed by atoms with Crippen molar-refractivity contribution in [3.8, 4) is 11.5 Å². The minimum absolute atomic E-state index is 0.0120. The molecule has 0 heterocycles. The number of carboxylic acid groups (broad SMARTS) is 1. The zero-order valence-electron chi connectivity index (χ0n) is 10.5. The zero-order valence-corrected chi connectivity index (χ0v) is 11.2. The third-order valence-electron chi connectivity index (χ3n) is 3.18. The van der Waals surface area contributed by atoms with E-state index < -0.39 is 22.8 Å². The number of amides is 1. The molecule has 108 valence electrons. The highest BCUT2D eigenvalue weighted by Crippen LogP contribution is 2.42. The second-order valence-corrected chi connectivity index (χ2v) is 5.58. The molecule has 0 radical (unpaired) electrons. The summed E-state index contributed by atoms with van der Waals surface area (Å²) in [6.07, 6.45) is 1.06. The van der Waals surface area contributed by atoms with E-state index in [1.54, 1.807) is 0 Å². The van der Waals surface area contributed by atoms with E-state index in [9.17, 15) is 19.8 Å². The summed E-state index contributed by atoms with van der Waals surface area (Å²) >= 11 is 5.91. The zero-order chi connectivity index (χ0) is 14.9.